The Labute approximate surface area is 193 Å². The summed E-state index contributed by atoms with van der Waals surface area (Å²) in [6, 6.07) is 6.43. The third-order valence-electron chi connectivity index (χ3n) is 6.16. The van der Waals surface area contributed by atoms with Crippen LogP contribution in [0.3, 0.4) is 0 Å². The van der Waals surface area contributed by atoms with Gasteiger partial charge in [0.2, 0.25) is 0 Å². The number of nitrogens with one attached hydrogen (secondary N) is 1. The lowest BCUT2D eigenvalue weighted by Crippen LogP contribution is -2.47. The summed E-state index contributed by atoms with van der Waals surface area (Å²) in [6.07, 6.45) is 9.09. The summed E-state index contributed by atoms with van der Waals surface area (Å²) in [4.78, 5) is 6.86. The molecule has 29 heavy (non-hydrogen) atoms. The molecule has 1 saturated heterocycles. The molecule has 0 radical (unpaired) electrons. The Bertz CT molecular complexity index is 639. The molecule has 0 unspecified atom stereocenters. The maximum absolute atomic E-state index is 6.20. The molecule has 3 rings (SSSR count). The summed E-state index contributed by atoms with van der Waals surface area (Å²) >= 11 is 0. The number of ether oxygens (including phenoxy) is 2. The smallest absolute Gasteiger partial charge is 0.193 e. The molecule has 1 aromatic carbocycles. The summed E-state index contributed by atoms with van der Waals surface area (Å²) in [7, 11) is 3.60. The van der Waals surface area contributed by atoms with Crippen molar-refractivity contribution < 1.29 is 9.47 Å². The van der Waals surface area contributed by atoms with Gasteiger partial charge in [-0.2, -0.15) is 0 Å². The molecule has 6 heteroatoms. The van der Waals surface area contributed by atoms with Gasteiger partial charge in [0.15, 0.2) is 5.96 Å². The van der Waals surface area contributed by atoms with Crippen molar-refractivity contribution in [1.29, 1.82) is 0 Å². The van der Waals surface area contributed by atoms with Crippen molar-refractivity contribution in [2.24, 2.45) is 10.9 Å². The van der Waals surface area contributed by atoms with Crippen molar-refractivity contribution in [3.63, 3.8) is 0 Å². The van der Waals surface area contributed by atoms with Crippen molar-refractivity contribution in [2.75, 3.05) is 40.4 Å². The summed E-state index contributed by atoms with van der Waals surface area (Å²) in [5, 5.41) is 3.53. The fourth-order valence-electron chi connectivity index (χ4n) is 4.35. The number of aliphatic imine (C=N–C) groups is 1. The van der Waals surface area contributed by atoms with E-state index in [0.29, 0.717) is 6.10 Å². The van der Waals surface area contributed by atoms with Crippen LogP contribution >= 0.6 is 24.0 Å². The maximum Gasteiger partial charge on any atom is 0.193 e. The number of hydrogen-bond acceptors (Lipinski definition) is 3. The Kier molecular flexibility index (Phi) is 10.6. The van der Waals surface area contributed by atoms with Crippen molar-refractivity contribution >= 4 is 29.9 Å². The predicted octanol–water partition coefficient (Wildman–Crippen LogP) is 4.41. The van der Waals surface area contributed by atoms with Crippen LogP contribution < -0.4 is 10.1 Å². The minimum Gasteiger partial charge on any atom is -0.496 e. The molecule has 1 aliphatic heterocycles. The fourth-order valence-corrected chi connectivity index (χ4v) is 4.35. The Hall–Kier alpha value is -1.02. The van der Waals surface area contributed by atoms with Gasteiger partial charge < -0.3 is 19.7 Å². The van der Waals surface area contributed by atoms with Crippen LogP contribution in [0.5, 0.6) is 5.75 Å². The first kappa shape index (κ1) is 24.3. The highest BCUT2D eigenvalue weighted by Gasteiger charge is 2.23. The molecule has 1 aromatic rings. The number of hydrogen-bond donors (Lipinski definition) is 1. The van der Waals surface area contributed by atoms with Crippen LogP contribution in [-0.2, 0) is 11.2 Å². The number of guanidine groups is 1. The molecule has 1 heterocycles. The molecule has 0 bridgehead atoms. The maximum atomic E-state index is 6.20. The van der Waals surface area contributed by atoms with Crippen LogP contribution in [0.1, 0.15) is 49.7 Å². The molecule has 0 aromatic heterocycles. The van der Waals surface area contributed by atoms with Gasteiger partial charge >= 0.3 is 0 Å². The number of piperidine rings is 1. The average Bonchev–Trinajstić information content (AvgIpc) is 3.25. The van der Waals surface area contributed by atoms with Crippen molar-refractivity contribution in [2.45, 2.75) is 58.0 Å². The van der Waals surface area contributed by atoms with E-state index in [1.54, 1.807) is 7.11 Å². The summed E-state index contributed by atoms with van der Waals surface area (Å²) < 4.78 is 11.6. The molecule has 0 atom stereocenters. The molecule has 0 amide bonds. The quantitative estimate of drug-likeness (QED) is 0.332. The van der Waals surface area contributed by atoms with Crippen LogP contribution in [0.4, 0.5) is 0 Å². The highest BCUT2D eigenvalue weighted by Crippen LogP contribution is 2.26. The third kappa shape index (κ3) is 7.31. The molecule has 1 aliphatic carbocycles. The lowest BCUT2D eigenvalue weighted by atomic mass is 10.1. The third-order valence-corrected chi connectivity index (χ3v) is 6.16. The molecule has 164 valence electrons. The number of benzene rings is 1. The lowest BCUT2D eigenvalue weighted by molar-refractivity contribution is 0.00103. The normalized spacial score (nSPS) is 18.6. The van der Waals surface area contributed by atoms with E-state index in [1.807, 2.05) is 7.05 Å². The Morgan fingerprint density at radius 2 is 1.90 bits per heavy atom. The molecule has 0 spiro atoms. The zero-order chi connectivity index (χ0) is 19.8. The van der Waals surface area contributed by atoms with Gasteiger partial charge in [0.25, 0.3) is 0 Å². The van der Waals surface area contributed by atoms with E-state index in [9.17, 15) is 0 Å². The van der Waals surface area contributed by atoms with Crippen LogP contribution in [0.25, 0.3) is 0 Å². The number of halogens is 1. The first-order valence-corrected chi connectivity index (χ1v) is 10.9. The van der Waals surface area contributed by atoms with Crippen molar-refractivity contribution in [3.05, 3.63) is 29.3 Å². The number of rotatable bonds is 7. The zero-order valence-corrected chi connectivity index (χ0v) is 20.6. The van der Waals surface area contributed by atoms with E-state index in [1.165, 1.54) is 36.8 Å². The van der Waals surface area contributed by atoms with E-state index < -0.39 is 0 Å². The van der Waals surface area contributed by atoms with Crippen molar-refractivity contribution in [3.8, 4) is 5.75 Å². The van der Waals surface area contributed by atoms with Crippen molar-refractivity contribution in [1.82, 2.24) is 10.2 Å². The molecule has 2 fully saturated rings. The second kappa shape index (κ2) is 12.6. The molecule has 5 nitrogen and oxygen atoms in total. The fraction of sp³-hybridized carbons (Fsp3) is 0.696. The van der Waals surface area contributed by atoms with Crippen LogP contribution in [-0.4, -0.2) is 57.4 Å². The standard InChI is InChI=1S/C23H37N3O2.HI/c1-18-8-9-19(16-22(18)27-3)10-13-25-23(24-2)26-14-11-21(12-15-26)28-17-20-6-4-5-7-20;/h8-9,16,20-21H,4-7,10-15,17H2,1-3H3,(H,24,25);1H. The number of methoxy groups -OCH3 is 1. The largest absolute Gasteiger partial charge is 0.496 e. The average molecular weight is 515 g/mol. The minimum absolute atomic E-state index is 0. The second-order valence-corrected chi connectivity index (χ2v) is 8.20. The molecule has 1 saturated carbocycles. The van der Waals surface area contributed by atoms with Crippen LogP contribution in [0.2, 0.25) is 0 Å². The van der Waals surface area contributed by atoms with Gasteiger partial charge in [-0.3, -0.25) is 4.99 Å². The number of likely N-dealkylation sites (tertiary alicyclic amines) is 1. The molecule has 1 N–H and O–H groups in total. The molecule has 2 aliphatic rings. The van der Waals surface area contributed by atoms with E-state index in [4.69, 9.17) is 9.47 Å². The Morgan fingerprint density at radius 3 is 2.55 bits per heavy atom. The zero-order valence-electron chi connectivity index (χ0n) is 18.3. The highest BCUT2D eigenvalue weighted by atomic mass is 127. The second-order valence-electron chi connectivity index (χ2n) is 8.20. The SMILES string of the molecule is CN=C(NCCc1ccc(C)c(OC)c1)N1CCC(OCC2CCCC2)CC1.I. The first-order valence-electron chi connectivity index (χ1n) is 10.9. The highest BCUT2D eigenvalue weighted by molar-refractivity contribution is 14.0. The number of nitrogens with zero attached hydrogens (tertiary/aromatic N) is 2. The van der Waals surface area contributed by atoms with E-state index in [2.05, 4.69) is 40.3 Å². The van der Waals surface area contributed by atoms with Gasteiger partial charge in [-0.1, -0.05) is 25.0 Å². The van der Waals surface area contributed by atoms with Gasteiger partial charge in [0, 0.05) is 33.3 Å². The van der Waals surface area contributed by atoms with E-state index >= 15 is 0 Å². The summed E-state index contributed by atoms with van der Waals surface area (Å²) in [5.74, 6) is 2.78. The van der Waals surface area contributed by atoms with Gasteiger partial charge in [-0.25, -0.2) is 0 Å². The van der Waals surface area contributed by atoms with Gasteiger partial charge in [-0.05, 0) is 62.1 Å². The van der Waals surface area contributed by atoms with Gasteiger partial charge in [-0.15, -0.1) is 24.0 Å². The molecular weight excluding hydrogens is 477 g/mol. The number of aryl methyl sites for hydroxylation is 1. The monoisotopic (exact) mass is 515 g/mol. The Balaban J connectivity index is 0.00000300. The molecular formula is C23H38IN3O2. The minimum atomic E-state index is 0. The van der Waals surface area contributed by atoms with E-state index in [-0.39, 0.29) is 24.0 Å². The Morgan fingerprint density at radius 1 is 1.17 bits per heavy atom. The first-order chi connectivity index (χ1) is 13.7. The van der Waals surface area contributed by atoms with Gasteiger partial charge in [0.1, 0.15) is 5.75 Å². The van der Waals surface area contributed by atoms with E-state index in [0.717, 1.165) is 63.1 Å². The summed E-state index contributed by atoms with van der Waals surface area (Å²) in [5.41, 5.74) is 2.46. The predicted molar refractivity (Wildman–Crippen MR) is 131 cm³/mol. The van der Waals surface area contributed by atoms with Crippen LogP contribution in [0.15, 0.2) is 23.2 Å². The lowest BCUT2D eigenvalue weighted by Gasteiger charge is -2.34. The van der Waals surface area contributed by atoms with Gasteiger partial charge in [0.05, 0.1) is 13.2 Å². The summed E-state index contributed by atoms with van der Waals surface area (Å²) in [6.45, 7) is 5.96. The topological polar surface area (TPSA) is 46.1 Å². The van der Waals surface area contributed by atoms with Crippen LogP contribution in [0, 0.1) is 12.8 Å².